The van der Waals surface area contributed by atoms with E-state index in [1.165, 1.54) is 4.57 Å². The van der Waals surface area contributed by atoms with Gasteiger partial charge in [-0.15, -0.1) is 0 Å². The topological polar surface area (TPSA) is 92.7 Å². The van der Waals surface area contributed by atoms with Crippen LogP contribution in [0, 0.1) is 11.8 Å². The van der Waals surface area contributed by atoms with Crippen LogP contribution in [0.25, 0.3) is 33.4 Å². The van der Waals surface area contributed by atoms with Crippen LogP contribution in [-0.4, -0.2) is 25.3 Å². The minimum absolute atomic E-state index is 0.0111. The Morgan fingerprint density at radius 1 is 0.844 bits per heavy atom. The smallest absolute Gasteiger partial charge is 0.277 e. The lowest BCUT2D eigenvalue weighted by Crippen LogP contribution is -2.33. The summed E-state index contributed by atoms with van der Waals surface area (Å²) in [6, 6.07) is 32.0. The number of H-pyrrole nitrogens is 1. The lowest BCUT2D eigenvalue weighted by Gasteiger charge is -2.21. The highest BCUT2D eigenvalue weighted by molar-refractivity contribution is 5.82. The molecule has 7 nitrogen and oxygen atoms in total. The number of hydrogen-bond acceptors (Lipinski definition) is 5. The zero-order valence-electron chi connectivity index (χ0n) is 25.8. The number of rotatable bonds is 11. The van der Waals surface area contributed by atoms with Crippen LogP contribution in [0.4, 0.5) is 5.69 Å². The van der Waals surface area contributed by atoms with Crippen molar-refractivity contribution >= 4 is 22.4 Å². The van der Waals surface area contributed by atoms with Gasteiger partial charge in [0.05, 0.1) is 12.7 Å². The lowest BCUT2D eigenvalue weighted by molar-refractivity contribution is -0.124. The largest absolute Gasteiger partial charge is 0.373 e. The Bertz CT molecular complexity index is 1930. The van der Waals surface area contributed by atoms with Gasteiger partial charge in [-0.1, -0.05) is 98.8 Å². The predicted molar refractivity (Wildman–Crippen MR) is 181 cm³/mol. The number of ketones is 1. The second-order valence-corrected chi connectivity index (χ2v) is 11.8. The normalized spacial score (nSPS) is 13.3. The van der Waals surface area contributed by atoms with Gasteiger partial charge in [-0.3, -0.25) is 19.1 Å². The van der Waals surface area contributed by atoms with Crippen molar-refractivity contribution in [3.63, 3.8) is 0 Å². The molecule has 3 heterocycles. The molecule has 3 aromatic carbocycles. The minimum atomic E-state index is -0.274. The maximum atomic E-state index is 14.0. The third-order valence-electron chi connectivity index (χ3n) is 8.66. The van der Waals surface area contributed by atoms with Gasteiger partial charge < -0.3 is 10.3 Å². The Morgan fingerprint density at radius 2 is 1.51 bits per heavy atom. The van der Waals surface area contributed by atoms with E-state index in [4.69, 9.17) is 4.98 Å². The number of pyridine rings is 1. The van der Waals surface area contributed by atoms with Crippen LogP contribution in [0.1, 0.15) is 38.1 Å². The third-order valence-corrected chi connectivity index (χ3v) is 8.66. The molecule has 0 saturated carbocycles. The van der Waals surface area contributed by atoms with Gasteiger partial charge in [0.25, 0.3) is 5.56 Å². The third kappa shape index (κ3) is 6.63. The van der Waals surface area contributed by atoms with Gasteiger partial charge in [0.1, 0.15) is 11.5 Å². The molecule has 6 rings (SSSR count). The van der Waals surface area contributed by atoms with Crippen molar-refractivity contribution < 1.29 is 4.79 Å². The van der Waals surface area contributed by atoms with E-state index in [1.807, 2.05) is 74.6 Å². The molecule has 2 unspecified atom stereocenters. The van der Waals surface area contributed by atoms with Crippen LogP contribution in [-0.2, 0) is 17.8 Å². The Morgan fingerprint density at radius 3 is 2.20 bits per heavy atom. The number of anilines is 1. The number of nitrogens with one attached hydrogen (secondary N) is 2. The lowest BCUT2D eigenvalue weighted by atomic mass is 9.88. The summed E-state index contributed by atoms with van der Waals surface area (Å²) in [5.74, 6) is 0.247. The Hall–Kier alpha value is -5.30. The van der Waals surface area contributed by atoms with E-state index in [1.54, 1.807) is 12.4 Å². The maximum absolute atomic E-state index is 14.0. The second-order valence-electron chi connectivity index (χ2n) is 11.8. The second kappa shape index (κ2) is 13.1. The van der Waals surface area contributed by atoms with E-state index < -0.39 is 0 Å². The summed E-state index contributed by atoms with van der Waals surface area (Å²) in [6.07, 6.45) is 5.89. The van der Waals surface area contributed by atoms with Crippen LogP contribution in [0.5, 0.6) is 0 Å². The molecule has 0 saturated heterocycles. The molecule has 3 atom stereocenters. The van der Waals surface area contributed by atoms with Crippen molar-refractivity contribution in [1.29, 1.82) is 0 Å². The molecule has 226 valence electrons. The summed E-state index contributed by atoms with van der Waals surface area (Å²) in [5, 5.41) is 4.41. The molecular weight excluding hydrogens is 558 g/mol. The summed E-state index contributed by atoms with van der Waals surface area (Å²) in [4.78, 5) is 40.0. The van der Waals surface area contributed by atoms with Gasteiger partial charge in [0, 0.05) is 46.5 Å². The van der Waals surface area contributed by atoms with Gasteiger partial charge in [-0.2, -0.15) is 0 Å². The number of aromatic nitrogens is 4. The van der Waals surface area contributed by atoms with Crippen LogP contribution in [0.15, 0.2) is 120 Å². The van der Waals surface area contributed by atoms with Crippen LogP contribution in [0.2, 0.25) is 0 Å². The van der Waals surface area contributed by atoms with Gasteiger partial charge in [-0.25, -0.2) is 4.98 Å². The molecule has 2 N–H and O–H groups in total. The van der Waals surface area contributed by atoms with Crippen LogP contribution >= 0.6 is 0 Å². The van der Waals surface area contributed by atoms with Crippen molar-refractivity contribution in [3.05, 3.63) is 137 Å². The maximum Gasteiger partial charge on any atom is 0.277 e. The standard InChI is InChI=1S/C38H37N5O2/c1-25(20-33-21-32-22-39-19-18-34(32)42-33)26(2)36(44)24-43-37(31-12-8-5-9-13-31)40-23-35(38(43)45)41-27(3)28-14-16-30(17-15-28)29-10-6-4-7-11-29/h4-19,21-23,25-27,41-42H,20,24H2,1-3H3/t25?,26?,27-/m0/s1. The first kappa shape index (κ1) is 29.8. The van der Waals surface area contributed by atoms with E-state index in [0.717, 1.165) is 38.9 Å². The molecule has 0 spiro atoms. The fourth-order valence-electron chi connectivity index (χ4n) is 5.75. The van der Waals surface area contributed by atoms with Crippen molar-refractivity contribution in [2.24, 2.45) is 11.8 Å². The molecule has 6 aromatic rings. The van der Waals surface area contributed by atoms with E-state index >= 15 is 0 Å². The zero-order valence-corrected chi connectivity index (χ0v) is 25.8. The van der Waals surface area contributed by atoms with E-state index in [2.05, 4.69) is 64.7 Å². The monoisotopic (exact) mass is 595 g/mol. The zero-order chi connectivity index (χ0) is 31.3. The number of benzene rings is 3. The highest BCUT2D eigenvalue weighted by Gasteiger charge is 2.24. The molecule has 0 fully saturated rings. The molecule has 0 aliphatic heterocycles. The van der Waals surface area contributed by atoms with Crippen molar-refractivity contribution in [2.75, 3.05) is 5.32 Å². The first-order chi connectivity index (χ1) is 21.9. The van der Waals surface area contributed by atoms with Crippen molar-refractivity contribution in [3.8, 4) is 22.5 Å². The van der Waals surface area contributed by atoms with Crippen molar-refractivity contribution in [1.82, 2.24) is 19.5 Å². The van der Waals surface area contributed by atoms with Crippen molar-refractivity contribution in [2.45, 2.75) is 39.8 Å². The molecule has 7 heteroatoms. The molecular formula is C38H37N5O2. The van der Waals surface area contributed by atoms with E-state index in [9.17, 15) is 9.59 Å². The van der Waals surface area contributed by atoms with Gasteiger partial charge >= 0.3 is 0 Å². The molecule has 0 amide bonds. The van der Waals surface area contributed by atoms with E-state index in [-0.39, 0.29) is 35.8 Å². The summed E-state index contributed by atoms with van der Waals surface area (Å²) < 4.78 is 1.52. The number of aromatic amines is 1. The number of hydrogen-bond donors (Lipinski definition) is 2. The SMILES string of the molecule is CC(Cc1cc2cnccc2[nH]1)C(C)C(=O)Cn1c(-c2ccccc2)ncc(N[C@@H](C)c2ccc(-c3ccccc3)cc2)c1=O. The molecule has 45 heavy (non-hydrogen) atoms. The summed E-state index contributed by atoms with van der Waals surface area (Å²) in [6.45, 7) is 5.98. The quantitative estimate of drug-likeness (QED) is 0.160. The number of Topliss-reactive ketones (excluding diaryl/α,β-unsaturated/α-hetero) is 1. The molecule has 0 bridgehead atoms. The minimum Gasteiger partial charge on any atom is -0.373 e. The Balaban J connectivity index is 1.23. The fourth-order valence-corrected chi connectivity index (χ4v) is 5.75. The number of carbonyl (C=O) groups excluding carboxylic acids is 1. The van der Waals surface area contributed by atoms with Gasteiger partial charge in [-0.05, 0) is 48.1 Å². The molecule has 0 aliphatic carbocycles. The number of fused-ring (bicyclic) bond motifs is 1. The van der Waals surface area contributed by atoms with Gasteiger partial charge in [0.15, 0.2) is 5.78 Å². The van der Waals surface area contributed by atoms with Gasteiger partial charge in [0.2, 0.25) is 0 Å². The Labute approximate surface area is 263 Å². The molecule has 0 aliphatic rings. The first-order valence-electron chi connectivity index (χ1n) is 15.4. The average molecular weight is 596 g/mol. The summed E-state index contributed by atoms with van der Waals surface area (Å²) >= 11 is 0. The fraction of sp³-hybridized carbons (Fsp3) is 0.211. The molecule has 3 aromatic heterocycles. The highest BCUT2D eigenvalue weighted by atomic mass is 16.1. The van der Waals surface area contributed by atoms with Crippen LogP contribution < -0.4 is 10.9 Å². The first-order valence-corrected chi connectivity index (χ1v) is 15.4. The number of nitrogens with zero attached hydrogens (tertiary/aromatic N) is 3. The number of carbonyl (C=O) groups is 1. The summed E-state index contributed by atoms with van der Waals surface area (Å²) in [7, 11) is 0. The Kier molecular flexibility index (Phi) is 8.69. The molecule has 0 radical (unpaired) electrons. The highest BCUT2D eigenvalue weighted by Crippen LogP contribution is 2.25. The average Bonchev–Trinajstić information content (AvgIpc) is 3.49. The predicted octanol–water partition coefficient (Wildman–Crippen LogP) is 7.71. The van der Waals surface area contributed by atoms with Crippen LogP contribution in [0.3, 0.4) is 0 Å². The summed E-state index contributed by atoms with van der Waals surface area (Å²) in [5.41, 5.74) is 6.28. The van der Waals surface area contributed by atoms with E-state index in [0.29, 0.717) is 17.9 Å².